The van der Waals surface area contributed by atoms with E-state index in [0.717, 1.165) is 0 Å². The van der Waals surface area contributed by atoms with E-state index in [1.54, 1.807) is 43.9 Å². The molecule has 2 amide bonds. The average Bonchev–Trinajstić information content (AvgIpc) is 2.70. The fourth-order valence-electron chi connectivity index (χ4n) is 2.00. The lowest BCUT2D eigenvalue weighted by Crippen LogP contribution is -2.20. The molecule has 0 fully saturated rings. The van der Waals surface area contributed by atoms with E-state index in [-0.39, 0.29) is 5.56 Å². The first-order valence-corrected chi connectivity index (χ1v) is 6.29. The zero-order chi connectivity index (χ0) is 15.6. The second-order valence-electron chi connectivity index (χ2n) is 4.66. The smallest absolute Gasteiger partial charge is 0.336 e. The van der Waals surface area contributed by atoms with Crippen LogP contribution in [-0.2, 0) is 7.05 Å². The van der Waals surface area contributed by atoms with Crippen molar-refractivity contribution in [2.45, 2.75) is 13.8 Å². The molecule has 21 heavy (non-hydrogen) atoms. The normalized spacial score (nSPS) is 10.2. The third kappa shape index (κ3) is 3.19. The van der Waals surface area contributed by atoms with Gasteiger partial charge in [0.15, 0.2) is 0 Å². The van der Waals surface area contributed by atoms with Gasteiger partial charge in [-0.25, -0.2) is 9.59 Å². The number of carboxylic acids is 1. The summed E-state index contributed by atoms with van der Waals surface area (Å²) in [4.78, 5) is 23.0. The van der Waals surface area contributed by atoms with Crippen LogP contribution in [0.4, 0.5) is 16.2 Å². The third-order valence-electron chi connectivity index (χ3n) is 3.07. The minimum atomic E-state index is -1.03. The van der Waals surface area contributed by atoms with Gasteiger partial charge >= 0.3 is 12.0 Å². The van der Waals surface area contributed by atoms with Crippen LogP contribution in [0.3, 0.4) is 0 Å². The number of amides is 2. The van der Waals surface area contributed by atoms with Crippen molar-refractivity contribution in [3.05, 3.63) is 41.2 Å². The number of nitrogens with zero attached hydrogens (tertiary/aromatic N) is 2. The Bertz CT molecular complexity index is 706. The van der Waals surface area contributed by atoms with Gasteiger partial charge in [0.25, 0.3) is 0 Å². The van der Waals surface area contributed by atoms with Gasteiger partial charge in [0, 0.05) is 18.9 Å². The zero-order valence-electron chi connectivity index (χ0n) is 12.0. The van der Waals surface area contributed by atoms with Crippen molar-refractivity contribution in [2.24, 2.45) is 7.05 Å². The first-order valence-electron chi connectivity index (χ1n) is 6.29. The molecule has 3 N–H and O–H groups in total. The molecule has 110 valence electrons. The summed E-state index contributed by atoms with van der Waals surface area (Å²) in [6.45, 7) is 3.43. The number of anilines is 2. The van der Waals surface area contributed by atoms with Crippen molar-refractivity contribution in [3.63, 3.8) is 0 Å². The molecule has 2 rings (SSSR count). The molecular formula is C14H16N4O3. The first kappa shape index (κ1) is 14.6. The van der Waals surface area contributed by atoms with Crippen molar-refractivity contribution in [3.8, 4) is 0 Å². The Hall–Kier alpha value is -2.83. The maximum absolute atomic E-state index is 12.0. The monoisotopic (exact) mass is 288 g/mol. The molecule has 1 aromatic heterocycles. The lowest BCUT2D eigenvalue weighted by Gasteiger charge is -2.11. The van der Waals surface area contributed by atoms with Gasteiger partial charge in [-0.1, -0.05) is 6.07 Å². The first-order chi connectivity index (χ1) is 9.88. The number of benzene rings is 1. The Labute approximate surface area is 121 Å². The molecule has 1 heterocycles. The number of aromatic carboxylic acids is 1. The molecule has 0 aliphatic heterocycles. The lowest BCUT2D eigenvalue weighted by molar-refractivity contribution is 0.0696. The Kier molecular flexibility index (Phi) is 3.93. The highest BCUT2D eigenvalue weighted by atomic mass is 16.4. The van der Waals surface area contributed by atoms with Crippen LogP contribution in [0.1, 0.15) is 21.6 Å². The Morgan fingerprint density at radius 2 is 1.86 bits per heavy atom. The van der Waals surface area contributed by atoms with Gasteiger partial charge in [-0.15, -0.1) is 0 Å². The number of hydrogen-bond donors (Lipinski definition) is 3. The second-order valence-corrected chi connectivity index (χ2v) is 4.66. The fourth-order valence-corrected chi connectivity index (χ4v) is 2.00. The number of nitrogens with one attached hydrogen (secondary N) is 2. The van der Waals surface area contributed by atoms with Gasteiger partial charge in [-0.3, -0.25) is 4.68 Å². The molecular weight excluding hydrogens is 272 g/mol. The third-order valence-corrected chi connectivity index (χ3v) is 3.07. The molecule has 1 aromatic carbocycles. The topological polar surface area (TPSA) is 96.3 Å². The van der Waals surface area contributed by atoms with E-state index in [9.17, 15) is 9.59 Å². The summed E-state index contributed by atoms with van der Waals surface area (Å²) >= 11 is 0. The Balaban J connectivity index is 2.15. The minimum Gasteiger partial charge on any atom is -0.478 e. The molecule has 0 bridgehead atoms. The number of carboxylic acid groups (broad SMARTS) is 1. The standard InChI is InChI=1S/C14H16N4O3/c1-8-10(13(19)20)5-4-6-11(8)15-14(21)16-12-7-18(3)17-9(12)2/h4-7H,1-3H3,(H,19,20)(H2,15,16,21). The van der Waals surface area contributed by atoms with Gasteiger partial charge in [-0.2, -0.15) is 5.10 Å². The van der Waals surface area contributed by atoms with Crippen molar-refractivity contribution in [1.29, 1.82) is 0 Å². The van der Waals surface area contributed by atoms with E-state index in [0.29, 0.717) is 22.6 Å². The van der Waals surface area contributed by atoms with Crippen LogP contribution in [0.2, 0.25) is 0 Å². The number of aromatic nitrogens is 2. The molecule has 0 unspecified atom stereocenters. The number of aryl methyl sites for hydroxylation is 2. The van der Waals surface area contributed by atoms with Crippen LogP contribution in [-0.4, -0.2) is 26.9 Å². The predicted molar refractivity (Wildman–Crippen MR) is 78.7 cm³/mol. The number of carbonyl (C=O) groups excluding carboxylic acids is 1. The summed E-state index contributed by atoms with van der Waals surface area (Å²) in [5.41, 5.74) is 2.41. The number of rotatable bonds is 3. The highest BCUT2D eigenvalue weighted by molar-refractivity contribution is 6.01. The van der Waals surface area contributed by atoms with Crippen molar-refractivity contribution in [1.82, 2.24) is 9.78 Å². The lowest BCUT2D eigenvalue weighted by atomic mass is 10.1. The van der Waals surface area contributed by atoms with E-state index in [1.807, 2.05) is 0 Å². The molecule has 7 nitrogen and oxygen atoms in total. The predicted octanol–water partition coefficient (Wildman–Crippen LogP) is 2.38. The molecule has 0 aliphatic rings. The molecule has 0 saturated carbocycles. The van der Waals surface area contributed by atoms with Crippen molar-refractivity contribution in [2.75, 3.05) is 10.6 Å². The molecule has 0 radical (unpaired) electrons. The van der Waals surface area contributed by atoms with Crippen molar-refractivity contribution < 1.29 is 14.7 Å². The summed E-state index contributed by atoms with van der Waals surface area (Å²) in [6.07, 6.45) is 1.69. The molecule has 0 saturated heterocycles. The maximum atomic E-state index is 12.0. The van der Waals surface area contributed by atoms with Crippen LogP contribution in [0.25, 0.3) is 0 Å². The van der Waals surface area contributed by atoms with Gasteiger partial charge < -0.3 is 15.7 Å². The van der Waals surface area contributed by atoms with Crippen molar-refractivity contribution >= 4 is 23.4 Å². The van der Waals surface area contributed by atoms with Crippen LogP contribution in [0.15, 0.2) is 24.4 Å². The van der Waals surface area contributed by atoms with E-state index in [1.165, 1.54) is 6.07 Å². The summed E-state index contributed by atoms with van der Waals surface area (Å²) < 4.78 is 1.60. The van der Waals surface area contributed by atoms with E-state index in [2.05, 4.69) is 15.7 Å². The highest BCUT2D eigenvalue weighted by Gasteiger charge is 2.13. The Morgan fingerprint density at radius 3 is 2.43 bits per heavy atom. The van der Waals surface area contributed by atoms with E-state index < -0.39 is 12.0 Å². The number of hydrogen-bond acceptors (Lipinski definition) is 3. The fraction of sp³-hybridized carbons (Fsp3) is 0.214. The summed E-state index contributed by atoms with van der Waals surface area (Å²) in [6, 6.07) is 4.28. The van der Waals surface area contributed by atoms with Gasteiger partial charge in [0.1, 0.15) is 0 Å². The number of urea groups is 1. The largest absolute Gasteiger partial charge is 0.478 e. The van der Waals surface area contributed by atoms with Crippen LogP contribution in [0.5, 0.6) is 0 Å². The van der Waals surface area contributed by atoms with Gasteiger partial charge in [0.2, 0.25) is 0 Å². The average molecular weight is 288 g/mol. The molecule has 0 atom stereocenters. The molecule has 0 aliphatic carbocycles. The molecule has 0 spiro atoms. The minimum absolute atomic E-state index is 0.158. The van der Waals surface area contributed by atoms with Crippen LogP contribution < -0.4 is 10.6 Å². The maximum Gasteiger partial charge on any atom is 0.336 e. The second kappa shape index (κ2) is 5.66. The molecule has 7 heteroatoms. The van der Waals surface area contributed by atoms with E-state index in [4.69, 9.17) is 5.11 Å². The summed E-state index contributed by atoms with van der Waals surface area (Å²) in [5.74, 6) is -1.03. The summed E-state index contributed by atoms with van der Waals surface area (Å²) in [5, 5.41) is 18.5. The van der Waals surface area contributed by atoms with Crippen LogP contribution >= 0.6 is 0 Å². The quantitative estimate of drug-likeness (QED) is 0.807. The summed E-state index contributed by atoms with van der Waals surface area (Å²) in [7, 11) is 1.76. The highest BCUT2D eigenvalue weighted by Crippen LogP contribution is 2.19. The number of carbonyl (C=O) groups is 2. The van der Waals surface area contributed by atoms with E-state index >= 15 is 0 Å². The Morgan fingerprint density at radius 1 is 1.19 bits per heavy atom. The van der Waals surface area contributed by atoms with Gasteiger partial charge in [-0.05, 0) is 31.5 Å². The zero-order valence-corrected chi connectivity index (χ0v) is 12.0. The van der Waals surface area contributed by atoms with Gasteiger partial charge in [0.05, 0.1) is 16.9 Å². The van der Waals surface area contributed by atoms with Crippen LogP contribution in [0, 0.1) is 13.8 Å². The SMILES string of the molecule is Cc1nn(C)cc1NC(=O)Nc1cccc(C(=O)O)c1C. The molecule has 2 aromatic rings.